The highest BCUT2D eigenvalue weighted by molar-refractivity contribution is 7.15. The summed E-state index contributed by atoms with van der Waals surface area (Å²) >= 11 is 1.54. The number of carboxylic acid groups (broad SMARTS) is 1. The fourth-order valence-corrected chi connectivity index (χ4v) is 3.46. The van der Waals surface area contributed by atoms with Gasteiger partial charge < -0.3 is 10.4 Å². The molecule has 2 aromatic heterocycles. The molecule has 1 aliphatic carbocycles. The van der Waals surface area contributed by atoms with Crippen LogP contribution in [0.4, 0.5) is 10.8 Å². The van der Waals surface area contributed by atoms with Crippen molar-refractivity contribution in [1.82, 2.24) is 9.97 Å². The third-order valence-corrected chi connectivity index (χ3v) is 4.46. The second-order valence-corrected chi connectivity index (χ2v) is 6.01. The average molecular weight is 289 g/mol. The van der Waals surface area contributed by atoms with Crippen LogP contribution in [0.3, 0.4) is 0 Å². The SMILES string of the molecule is Cc1ccc(Nc2nc3c(s2)CCCC3C(=O)O)cn1. The van der Waals surface area contributed by atoms with Crippen LogP contribution < -0.4 is 5.32 Å². The van der Waals surface area contributed by atoms with Gasteiger partial charge in [-0.1, -0.05) is 0 Å². The predicted octanol–water partition coefficient (Wildman–Crippen LogP) is 3.09. The summed E-state index contributed by atoms with van der Waals surface area (Å²) in [7, 11) is 0. The minimum Gasteiger partial charge on any atom is -0.481 e. The van der Waals surface area contributed by atoms with E-state index in [0.717, 1.165) is 39.9 Å². The van der Waals surface area contributed by atoms with Crippen molar-refractivity contribution in [3.05, 3.63) is 34.6 Å². The maximum Gasteiger partial charge on any atom is 0.312 e. The summed E-state index contributed by atoms with van der Waals surface area (Å²) < 4.78 is 0. The number of hydrogen-bond acceptors (Lipinski definition) is 5. The van der Waals surface area contributed by atoms with Crippen molar-refractivity contribution >= 4 is 28.1 Å². The van der Waals surface area contributed by atoms with Crippen LogP contribution in [-0.2, 0) is 11.2 Å². The number of hydrogen-bond donors (Lipinski definition) is 2. The Bertz CT molecular complexity index is 636. The van der Waals surface area contributed by atoms with Gasteiger partial charge >= 0.3 is 5.97 Å². The molecule has 0 radical (unpaired) electrons. The zero-order valence-electron chi connectivity index (χ0n) is 11.1. The van der Waals surface area contributed by atoms with Crippen LogP contribution in [0, 0.1) is 6.92 Å². The quantitative estimate of drug-likeness (QED) is 0.908. The molecule has 6 heteroatoms. The summed E-state index contributed by atoms with van der Waals surface area (Å²) in [5.74, 6) is -1.23. The lowest BCUT2D eigenvalue weighted by Crippen LogP contribution is -2.17. The molecule has 0 saturated carbocycles. The first kappa shape index (κ1) is 13.1. The van der Waals surface area contributed by atoms with Crippen LogP contribution in [0.15, 0.2) is 18.3 Å². The second-order valence-electron chi connectivity index (χ2n) is 4.92. The molecule has 1 atom stereocenters. The highest BCUT2D eigenvalue weighted by atomic mass is 32.1. The molecule has 0 aromatic carbocycles. The standard InChI is InChI=1S/C14H15N3O2S/c1-8-5-6-9(7-15-8)16-14-17-12-10(13(18)19)3-2-4-11(12)20-14/h5-7,10H,2-4H2,1H3,(H,16,17)(H,18,19). The van der Waals surface area contributed by atoms with Gasteiger partial charge in [-0.05, 0) is 38.3 Å². The molecule has 104 valence electrons. The number of anilines is 2. The van der Waals surface area contributed by atoms with Crippen molar-refractivity contribution in [1.29, 1.82) is 0 Å². The first-order valence-corrected chi connectivity index (χ1v) is 7.37. The van der Waals surface area contributed by atoms with Crippen molar-refractivity contribution in [2.24, 2.45) is 0 Å². The molecule has 0 bridgehead atoms. The van der Waals surface area contributed by atoms with E-state index in [1.807, 2.05) is 19.1 Å². The third kappa shape index (κ3) is 2.51. The highest BCUT2D eigenvalue weighted by Crippen LogP contribution is 2.37. The number of carboxylic acids is 1. The van der Waals surface area contributed by atoms with Gasteiger partial charge in [-0.25, -0.2) is 4.98 Å². The zero-order chi connectivity index (χ0) is 14.1. The molecule has 20 heavy (non-hydrogen) atoms. The zero-order valence-corrected chi connectivity index (χ0v) is 11.9. The number of pyridine rings is 1. The Morgan fingerprint density at radius 3 is 3.05 bits per heavy atom. The van der Waals surface area contributed by atoms with Crippen molar-refractivity contribution in [3.63, 3.8) is 0 Å². The highest BCUT2D eigenvalue weighted by Gasteiger charge is 2.29. The molecule has 0 fully saturated rings. The lowest BCUT2D eigenvalue weighted by atomic mass is 9.91. The van der Waals surface area contributed by atoms with E-state index in [0.29, 0.717) is 6.42 Å². The average Bonchev–Trinajstić information content (AvgIpc) is 2.83. The number of fused-ring (bicyclic) bond motifs is 1. The molecule has 3 rings (SSSR count). The van der Waals surface area contributed by atoms with Gasteiger partial charge in [-0.15, -0.1) is 11.3 Å². The third-order valence-electron chi connectivity index (χ3n) is 3.41. The van der Waals surface area contributed by atoms with E-state index < -0.39 is 11.9 Å². The molecule has 1 aliphatic rings. The van der Waals surface area contributed by atoms with E-state index in [2.05, 4.69) is 15.3 Å². The molecule has 2 heterocycles. The summed E-state index contributed by atoms with van der Waals surface area (Å²) in [5.41, 5.74) is 2.56. The minimum absolute atomic E-state index is 0.457. The first-order chi connectivity index (χ1) is 9.63. The Hall–Kier alpha value is -1.95. The number of aryl methyl sites for hydroxylation is 2. The van der Waals surface area contributed by atoms with Gasteiger partial charge in [0.15, 0.2) is 5.13 Å². The van der Waals surface area contributed by atoms with E-state index in [1.165, 1.54) is 0 Å². The van der Waals surface area contributed by atoms with Crippen molar-refractivity contribution in [3.8, 4) is 0 Å². The van der Waals surface area contributed by atoms with Gasteiger partial charge in [0.05, 0.1) is 17.6 Å². The molecule has 2 N–H and O–H groups in total. The molecule has 2 aromatic rings. The predicted molar refractivity (Wildman–Crippen MR) is 77.7 cm³/mol. The first-order valence-electron chi connectivity index (χ1n) is 6.55. The van der Waals surface area contributed by atoms with Crippen LogP contribution in [-0.4, -0.2) is 21.0 Å². The molecule has 0 saturated heterocycles. The van der Waals surface area contributed by atoms with Crippen LogP contribution in [0.2, 0.25) is 0 Å². The largest absolute Gasteiger partial charge is 0.481 e. The smallest absolute Gasteiger partial charge is 0.312 e. The van der Waals surface area contributed by atoms with E-state index in [4.69, 9.17) is 0 Å². The maximum absolute atomic E-state index is 11.3. The number of rotatable bonds is 3. The number of nitrogens with zero attached hydrogens (tertiary/aromatic N) is 2. The van der Waals surface area contributed by atoms with Crippen LogP contribution in [0.1, 0.15) is 35.0 Å². The van der Waals surface area contributed by atoms with Gasteiger partial charge in [0.25, 0.3) is 0 Å². The molecular weight excluding hydrogens is 274 g/mol. The van der Waals surface area contributed by atoms with Crippen molar-refractivity contribution in [2.75, 3.05) is 5.32 Å². The fourth-order valence-electron chi connectivity index (χ4n) is 2.38. The summed E-state index contributed by atoms with van der Waals surface area (Å²) in [5, 5.41) is 13.2. The molecule has 0 aliphatic heterocycles. The summed E-state index contributed by atoms with van der Waals surface area (Å²) in [6.45, 7) is 1.93. The lowest BCUT2D eigenvalue weighted by molar-refractivity contribution is -0.139. The summed E-state index contributed by atoms with van der Waals surface area (Å²) in [4.78, 5) is 21.0. The van der Waals surface area contributed by atoms with E-state index >= 15 is 0 Å². The van der Waals surface area contributed by atoms with Gasteiger partial charge in [0.2, 0.25) is 0 Å². The Morgan fingerprint density at radius 1 is 1.50 bits per heavy atom. The molecule has 5 nitrogen and oxygen atoms in total. The maximum atomic E-state index is 11.3. The van der Waals surface area contributed by atoms with Crippen LogP contribution in [0.25, 0.3) is 0 Å². The normalized spacial score (nSPS) is 17.6. The molecule has 1 unspecified atom stereocenters. The Morgan fingerprint density at radius 2 is 2.35 bits per heavy atom. The number of thiazole rings is 1. The van der Waals surface area contributed by atoms with Crippen LogP contribution in [0.5, 0.6) is 0 Å². The Balaban J connectivity index is 1.85. The second kappa shape index (κ2) is 5.20. The lowest BCUT2D eigenvalue weighted by Gasteiger charge is -2.16. The van der Waals surface area contributed by atoms with E-state index in [9.17, 15) is 9.90 Å². The number of carbonyl (C=O) groups is 1. The minimum atomic E-state index is -0.778. The topological polar surface area (TPSA) is 75.1 Å². The summed E-state index contributed by atoms with van der Waals surface area (Å²) in [6.07, 6.45) is 4.27. The van der Waals surface area contributed by atoms with Crippen LogP contribution >= 0.6 is 11.3 Å². The van der Waals surface area contributed by atoms with Gasteiger partial charge in [0, 0.05) is 10.6 Å². The Labute approximate surface area is 120 Å². The van der Waals surface area contributed by atoms with E-state index in [-0.39, 0.29) is 0 Å². The number of nitrogens with one attached hydrogen (secondary N) is 1. The van der Waals surface area contributed by atoms with E-state index in [1.54, 1.807) is 17.5 Å². The van der Waals surface area contributed by atoms with Gasteiger partial charge in [-0.2, -0.15) is 0 Å². The molecule has 0 amide bonds. The Kier molecular flexibility index (Phi) is 3.40. The molecular formula is C14H15N3O2S. The monoisotopic (exact) mass is 289 g/mol. The number of aromatic nitrogens is 2. The van der Waals surface area contributed by atoms with Gasteiger partial charge in [-0.3, -0.25) is 9.78 Å². The van der Waals surface area contributed by atoms with Gasteiger partial charge in [0.1, 0.15) is 5.92 Å². The van der Waals surface area contributed by atoms with Crippen molar-refractivity contribution in [2.45, 2.75) is 32.1 Å². The number of aliphatic carboxylic acids is 1. The van der Waals surface area contributed by atoms with Crippen molar-refractivity contribution < 1.29 is 9.90 Å². The summed E-state index contributed by atoms with van der Waals surface area (Å²) in [6, 6.07) is 3.87. The molecule has 0 spiro atoms. The fraction of sp³-hybridized carbons (Fsp3) is 0.357.